The fraction of sp³-hybridized carbons (Fsp3) is 0.389. The average Bonchev–Trinajstić information content (AvgIpc) is 3.04. The van der Waals surface area contributed by atoms with E-state index in [-0.39, 0.29) is 18.4 Å². The van der Waals surface area contributed by atoms with Crippen molar-refractivity contribution in [3.05, 3.63) is 41.8 Å². The van der Waals surface area contributed by atoms with E-state index in [0.29, 0.717) is 5.56 Å². The van der Waals surface area contributed by atoms with E-state index in [2.05, 4.69) is 20.0 Å². The van der Waals surface area contributed by atoms with Gasteiger partial charge in [-0.2, -0.15) is 4.98 Å². The number of aliphatic hydroxyl groups excluding tert-OH is 1. The van der Waals surface area contributed by atoms with Gasteiger partial charge >= 0.3 is 12.5 Å². The second-order valence-electron chi connectivity index (χ2n) is 6.60. The summed E-state index contributed by atoms with van der Waals surface area (Å²) in [5.41, 5.74) is 0.318. The summed E-state index contributed by atoms with van der Waals surface area (Å²) in [7, 11) is 0. The highest BCUT2D eigenvalue weighted by atomic mass is 19.4. The Hall–Kier alpha value is -3.15. The van der Waals surface area contributed by atoms with Gasteiger partial charge in [0.25, 0.3) is 0 Å². The van der Waals surface area contributed by atoms with E-state index in [1.165, 1.54) is 30.2 Å². The van der Waals surface area contributed by atoms with Gasteiger partial charge in [-0.05, 0) is 37.6 Å². The topological polar surface area (TPSA) is 96.8 Å². The number of aromatic nitrogens is 2. The van der Waals surface area contributed by atoms with Gasteiger partial charge in [-0.3, -0.25) is 4.90 Å². The Morgan fingerprint density at radius 2 is 2.07 bits per heavy atom. The van der Waals surface area contributed by atoms with Crippen LogP contribution in [0.15, 0.2) is 30.5 Å². The molecule has 0 saturated carbocycles. The monoisotopic (exact) mass is 430 g/mol. The molecule has 0 radical (unpaired) electrons. The zero-order chi connectivity index (χ0) is 22.1. The first-order valence-corrected chi connectivity index (χ1v) is 8.84. The smallest absolute Gasteiger partial charge is 0.447 e. The number of hydrogen-bond donors (Lipinski definition) is 2. The van der Waals surface area contributed by atoms with Crippen molar-refractivity contribution in [2.75, 3.05) is 16.8 Å². The lowest BCUT2D eigenvalue weighted by molar-refractivity contribution is -0.275. The minimum atomic E-state index is -5.00. The van der Waals surface area contributed by atoms with Crippen LogP contribution >= 0.6 is 0 Å². The molecular weight excluding hydrogens is 412 g/mol. The number of nitrogens with one attached hydrogen (secondary N) is 1. The van der Waals surface area contributed by atoms with Crippen LogP contribution in [0.3, 0.4) is 0 Å². The molecule has 1 aromatic heterocycles. The van der Waals surface area contributed by atoms with Gasteiger partial charge in [0, 0.05) is 6.20 Å². The predicted molar refractivity (Wildman–Crippen MR) is 96.4 cm³/mol. The molecular formula is C18H18F4N4O4. The van der Waals surface area contributed by atoms with Crippen molar-refractivity contribution < 1.29 is 36.9 Å². The van der Waals surface area contributed by atoms with Crippen LogP contribution in [0.1, 0.15) is 25.5 Å². The number of aliphatic hydroxyl groups is 1. The number of halogens is 4. The molecule has 0 aliphatic carbocycles. The van der Waals surface area contributed by atoms with Crippen LogP contribution in [-0.2, 0) is 4.74 Å². The molecule has 1 amide bonds. The minimum absolute atomic E-state index is 0.00525. The van der Waals surface area contributed by atoms with Crippen molar-refractivity contribution in [3.8, 4) is 5.75 Å². The second-order valence-corrected chi connectivity index (χ2v) is 6.60. The molecule has 2 N–H and O–H groups in total. The van der Waals surface area contributed by atoms with Crippen molar-refractivity contribution in [1.82, 2.24) is 9.97 Å². The van der Waals surface area contributed by atoms with Crippen LogP contribution in [0.4, 0.5) is 34.1 Å². The summed E-state index contributed by atoms with van der Waals surface area (Å²) < 4.78 is 59.3. The van der Waals surface area contributed by atoms with Gasteiger partial charge in [-0.25, -0.2) is 14.2 Å². The van der Waals surface area contributed by atoms with E-state index >= 15 is 0 Å². The lowest BCUT2D eigenvalue weighted by Crippen LogP contribution is -2.41. The van der Waals surface area contributed by atoms with Gasteiger partial charge in [-0.15, -0.1) is 13.2 Å². The highest BCUT2D eigenvalue weighted by molar-refractivity contribution is 5.89. The van der Waals surface area contributed by atoms with Gasteiger partial charge in [0.1, 0.15) is 18.5 Å². The predicted octanol–water partition coefficient (Wildman–Crippen LogP) is 3.39. The maximum atomic E-state index is 13.9. The molecule has 162 valence electrons. The summed E-state index contributed by atoms with van der Waals surface area (Å²) in [5, 5.41) is 12.7. The molecule has 2 aromatic rings. The normalized spacial score (nSPS) is 18.7. The SMILES string of the molecule is C[C@H](Nc1nccc(N2C(=O)OCC2[C@@H](C)O)n1)c1ccc(OC(F)(F)F)c(F)c1. The number of carbonyl (C=O) groups excluding carboxylic acids is 1. The maximum Gasteiger partial charge on any atom is 0.573 e. The molecule has 0 bridgehead atoms. The van der Waals surface area contributed by atoms with Gasteiger partial charge in [0.15, 0.2) is 11.6 Å². The Bertz CT molecular complexity index is 925. The Balaban J connectivity index is 1.76. The number of ether oxygens (including phenoxy) is 2. The lowest BCUT2D eigenvalue weighted by atomic mass is 10.1. The van der Waals surface area contributed by atoms with Gasteiger partial charge in [0.05, 0.1) is 12.1 Å². The first-order chi connectivity index (χ1) is 14.0. The second kappa shape index (κ2) is 8.30. The molecule has 2 heterocycles. The highest BCUT2D eigenvalue weighted by Crippen LogP contribution is 2.29. The van der Waals surface area contributed by atoms with E-state index in [1.807, 2.05) is 0 Å². The van der Waals surface area contributed by atoms with E-state index in [1.54, 1.807) is 6.92 Å². The quantitative estimate of drug-likeness (QED) is 0.678. The van der Waals surface area contributed by atoms with Crippen molar-refractivity contribution in [2.45, 2.75) is 38.4 Å². The summed E-state index contributed by atoms with van der Waals surface area (Å²) in [6, 6.07) is 3.30. The van der Waals surface area contributed by atoms with Crippen LogP contribution in [0.2, 0.25) is 0 Å². The standard InChI is InChI=1S/C18H18F4N4O4/c1-9(11-3-4-14(12(19)7-11)30-18(20,21)22)24-16-23-6-5-15(25-16)26-13(10(2)27)8-29-17(26)28/h3-7,9-10,13,27H,8H2,1-2H3,(H,23,24,25)/t9-,10+,13?/m0/s1. The Morgan fingerprint density at radius 3 is 2.70 bits per heavy atom. The van der Waals surface area contributed by atoms with Crippen LogP contribution in [0, 0.1) is 5.82 Å². The number of alkyl halides is 3. The molecule has 1 aliphatic rings. The molecule has 30 heavy (non-hydrogen) atoms. The molecule has 3 rings (SSSR count). The average molecular weight is 430 g/mol. The molecule has 1 saturated heterocycles. The third-order valence-electron chi connectivity index (χ3n) is 4.38. The third-order valence-corrected chi connectivity index (χ3v) is 4.38. The number of rotatable bonds is 6. The largest absolute Gasteiger partial charge is 0.573 e. The Morgan fingerprint density at radius 1 is 1.33 bits per heavy atom. The van der Waals surface area contributed by atoms with Crippen LogP contribution in [0.5, 0.6) is 5.75 Å². The molecule has 0 spiro atoms. The fourth-order valence-electron chi connectivity index (χ4n) is 2.88. The van der Waals surface area contributed by atoms with Crippen molar-refractivity contribution >= 4 is 17.9 Å². The van der Waals surface area contributed by atoms with E-state index in [4.69, 9.17) is 4.74 Å². The number of anilines is 2. The van der Waals surface area contributed by atoms with Crippen molar-refractivity contribution in [3.63, 3.8) is 0 Å². The molecule has 1 fully saturated rings. The number of hydrogen-bond acceptors (Lipinski definition) is 7. The number of cyclic esters (lactones) is 1. The van der Waals surface area contributed by atoms with E-state index < -0.39 is 42.2 Å². The highest BCUT2D eigenvalue weighted by Gasteiger charge is 2.38. The maximum absolute atomic E-state index is 13.9. The Labute approximate surface area is 168 Å². The molecule has 12 heteroatoms. The summed E-state index contributed by atoms with van der Waals surface area (Å²) in [4.78, 5) is 21.4. The van der Waals surface area contributed by atoms with Crippen molar-refractivity contribution in [1.29, 1.82) is 0 Å². The molecule has 8 nitrogen and oxygen atoms in total. The molecule has 1 unspecified atom stereocenters. The molecule has 1 aromatic carbocycles. The number of carbonyl (C=O) groups is 1. The van der Waals surface area contributed by atoms with Crippen LogP contribution < -0.4 is 15.0 Å². The van der Waals surface area contributed by atoms with Gasteiger partial charge in [0.2, 0.25) is 5.95 Å². The lowest BCUT2D eigenvalue weighted by Gasteiger charge is -2.23. The molecule has 3 atom stereocenters. The summed E-state index contributed by atoms with van der Waals surface area (Å²) in [5.74, 6) is -1.84. The third kappa shape index (κ3) is 4.87. The number of amides is 1. The molecule has 1 aliphatic heterocycles. The fourth-order valence-corrected chi connectivity index (χ4v) is 2.88. The van der Waals surface area contributed by atoms with E-state index in [0.717, 1.165) is 12.1 Å². The van der Waals surface area contributed by atoms with Crippen LogP contribution in [0.25, 0.3) is 0 Å². The Kier molecular flexibility index (Phi) is 5.97. The van der Waals surface area contributed by atoms with Crippen molar-refractivity contribution in [2.24, 2.45) is 0 Å². The summed E-state index contributed by atoms with van der Waals surface area (Å²) in [6.07, 6.45) is -5.15. The minimum Gasteiger partial charge on any atom is -0.447 e. The first-order valence-electron chi connectivity index (χ1n) is 8.84. The summed E-state index contributed by atoms with van der Waals surface area (Å²) in [6.45, 7) is 3.14. The van der Waals surface area contributed by atoms with Gasteiger partial charge in [-0.1, -0.05) is 6.07 Å². The number of benzene rings is 1. The zero-order valence-electron chi connectivity index (χ0n) is 15.9. The van der Waals surface area contributed by atoms with Gasteiger partial charge < -0.3 is 19.9 Å². The zero-order valence-corrected chi connectivity index (χ0v) is 15.9. The van der Waals surface area contributed by atoms with Crippen LogP contribution in [-0.4, -0.2) is 46.3 Å². The number of nitrogens with zero attached hydrogens (tertiary/aromatic N) is 3. The first kappa shape index (κ1) is 21.6. The summed E-state index contributed by atoms with van der Waals surface area (Å²) >= 11 is 0. The van der Waals surface area contributed by atoms with E-state index in [9.17, 15) is 27.5 Å².